The fraction of sp³-hybridized carbons (Fsp3) is 0.200. The van der Waals surface area contributed by atoms with Crippen molar-refractivity contribution in [3.8, 4) is 0 Å². The zero-order valence-electron chi connectivity index (χ0n) is 14.9. The number of nitrogens with one attached hydrogen (secondary N) is 1. The number of fused-ring (bicyclic) bond motifs is 1. The highest BCUT2D eigenvalue weighted by molar-refractivity contribution is 6.31. The highest BCUT2D eigenvalue weighted by atomic mass is 35.5. The van der Waals surface area contributed by atoms with Gasteiger partial charge in [0.05, 0.1) is 0 Å². The quantitative estimate of drug-likeness (QED) is 0.666. The number of halogens is 2. The number of hydrogen-bond donors (Lipinski definition) is 1. The maximum Gasteiger partial charge on any atom is 0.336 e. The summed E-state index contributed by atoms with van der Waals surface area (Å²) in [6.45, 7) is 2.09. The summed E-state index contributed by atoms with van der Waals surface area (Å²) in [5.41, 5.74) is 1.57. The van der Waals surface area contributed by atoms with Crippen molar-refractivity contribution < 1.29 is 13.6 Å². The van der Waals surface area contributed by atoms with Gasteiger partial charge in [0.25, 0.3) is 0 Å². The van der Waals surface area contributed by atoms with Crippen LogP contribution in [0.1, 0.15) is 18.1 Å². The first-order valence-electron chi connectivity index (χ1n) is 8.29. The number of anilines is 1. The molecule has 0 aliphatic heterocycles. The molecule has 27 heavy (non-hydrogen) atoms. The second-order valence-corrected chi connectivity index (χ2v) is 6.76. The molecule has 3 rings (SSSR count). The second kappa shape index (κ2) is 7.90. The molecule has 5 nitrogen and oxygen atoms in total. The Labute approximate surface area is 160 Å². The topological polar surface area (TPSA) is 62.6 Å². The molecule has 7 heteroatoms. The Morgan fingerprint density at radius 1 is 1.22 bits per heavy atom. The van der Waals surface area contributed by atoms with Crippen molar-refractivity contribution in [3.05, 3.63) is 74.9 Å². The van der Waals surface area contributed by atoms with Crippen LogP contribution in [0.25, 0.3) is 11.0 Å². The van der Waals surface area contributed by atoms with E-state index < -0.39 is 5.63 Å². The number of carbonyl (C=O) groups is 1. The van der Waals surface area contributed by atoms with Gasteiger partial charge in [-0.25, -0.2) is 9.18 Å². The van der Waals surface area contributed by atoms with Crippen LogP contribution < -0.4 is 10.9 Å². The van der Waals surface area contributed by atoms with E-state index in [1.807, 2.05) is 11.9 Å². The predicted octanol–water partition coefficient (Wildman–Crippen LogP) is 4.18. The van der Waals surface area contributed by atoms with Crippen molar-refractivity contribution in [1.29, 1.82) is 0 Å². The van der Waals surface area contributed by atoms with E-state index in [9.17, 15) is 14.0 Å². The Morgan fingerprint density at radius 2 is 2.00 bits per heavy atom. The Bertz CT molecular complexity index is 1040. The Kier molecular flexibility index (Phi) is 5.58. The largest absolute Gasteiger partial charge is 0.423 e. The summed E-state index contributed by atoms with van der Waals surface area (Å²) >= 11 is 6.09. The summed E-state index contributed by atoms with van der Waals surface area (Å²) in [4.78, 5) is 25.0. The van der Waals surface area contributed by atoms with Gasteiger partial charge in [-0.15, -0.1) is 0 Å². The molecule has 0 radical (unpaired) electrons. The van der Waals surface area contributed by atoms with Crippen LogP contribution in [0.3, 0.4) is 0 Å². The van der Waals surface area contributed by atoms with E-state index in [0.29, 0.717) is 28.4 Å². The summed E-state index contributed by atoms with van der Waals surface area (Å²) in [5.74, 6) is -0.582. The van der Waals surface area contributed by atoms with Crippen LogP contribution in [0.4, 0.5) is 10.1 Å². The van der Waals surface area contributed by atoms with E-state index in [0.717, 1.165) is 10.9 Å². The molecule has 3 aromatic rings. The van der Waals surface area contributed by atoms with Crippen LogP contribution in [-0.2, 0) is 17.9 Å². The maximum atomic E-state index is 14.0. The number of benzene rings is 2. The molecule has 0 bridgehead atoms. The molecule has 2 aromatic carbocycles. The first-order chi connectivity index (χ1) is 12.8. The van der Waals surface area contributed by atoms with Crippen molar-refractivity contribution in [1.82, 2.24) is 4.90 Å². The van der Waals surface area contributed by atoms with Crippen molar-refractivity contribution in [2.75, 3.05) is 12.4 Å². The average Bonchev–Trinajstić information content (AvgIpc) is 2.57. The predicted molar refractivity (Wildman–Crippen MR) is 103 cm³/mol. The van der Waals surface area contributed by atoms with Crippen molar-refractivity contribution in [2.45, 2.75) is 20.0 Å². The smallest absolute Gasteiger partial charge is 0.336 e. The first-order valence-corrected chi connectivity index (χ1v) is 8.67. The van der Waals surface area contributed by atoms with Crippen LogP contribution in [-0.4, -0.2) is 17.9 Å². The van der Waals surface area contributed by atoms with Crippen molar-refractivity contribution in [3.63, 3.8) is 0 Å². The lowest BCUT2D eigenvalue weighted by molar-refractivity contribution is -0.114. The monoisotopic (exact) mass is 388 g/mol. The van der Waals surface area contributed by atoms with Gasteiger partial charge in [-0.1, -0.05) is 17.7 Å². The molecule has 0 saturated heterocycles. The molecule has 1 N–H and O–H groups in total. The molecular formula is C20H18ClFN2O3. The van der Waals surface area contributed by atoms with Crippen molar-refractivity contribution in [2.24, 2.45) is 0 Å². The standard InChI is InChI=1S/C20H18ClFN2O3/c1-12(25)23-14-6-7-15-13(8-20(26)27-19(15)9-14)10-24(2)11-16-17(21)4-3-5-18(16)22/h3-9H,10-11H2,1-2H3,(H,23,25). The lowest BCUT2D eigenvalue weighted by atomic mass is 10.1. The third-order valence-corrected chi connectivity index (χ3v) is 4.43. The summed E-state index contributed by atoms with van der Waals surface area (Å²) < 4.78 is 19.3. The normalized spacial score (nSPS) is 11.1. The number of amides is 1. The van der Waals surface area contributed by atoms with E-state index in [1.54, 1.807) is 30.3 Å². The molecule has 0 saturated carbocycles. The third kappa shape index (κ3) is 4.53. The maximum absolute atomic E-state index is 14.0. The molecular weight excluding hydrogens is 371 g/mol. The highest BCUT2D eigenvalue weighted by Crippen LogP contribution is 2.24. The van der Waals surface area contributed by atoms with Gasteiger partial charge in [0.15, 0.2) is 0 Å². The molecule has 1 heterocycles. The molecule has 0 atom stereocenters. The fourth-order valence-electron chi connectivity index (χ4n) is 2.94. The van der Waals surface area contributed by atoms with Gasteiger partial charge in [0.2, 0.25) is 5.91 Å². The number of rotatable bonds is 5. The Morgan fingerprint density at radius 3 is 2.70 bits per heavy atom. The van der Waals surface area contributed by atoms with Crippen LogP contribution in [0.5, 0.6) is 0 Å². The van der Waals surface area contributed by atoms with E-state index in [-0.39, 0.29) is 18.3 Å². The minimum Gasteiger partial charge on any atom is -0.423 e. The zero-order chi connectivity index (χ0) is 19.6. The summed E-state index contributed by atoms with van der Waals surface area (Å²) in [5, 5.41) is 3.76. The number of hydrogen-bond acceptors (Lipinski definition) is 4. The Hall–Kier alpha value is -2.70. The highest BCUT2D eigenvalue weighted by Gasteiger charge is 2.13. The molecule has 1 aromatic heterocycles. The molecule has 0 aliphatic carbocycles. The molecule has 0 fully saturated rings. The van der Waals surface area contributed by atoms with E-state index in [1.165, 1.54) is 19.1 Å². The SMILES string of the molecule is CC(=O)Nc1ccc2c(CN(C)Cc3c(F)cccc3Cl)cc(=O)oc2c1. The second-order valence-electron chi connectivity index (χ2n) is 6.36. The summed E-state index contributed by atoms with van der Waals surface area (Å²) in [7, 11) is 1.81. The summed E-state index contributed by atoms with van der Waals surface area (Å²) in [6.07, 6.45) is 0. The van der Waals surface area contributed by atoms with Gasteiger partial charge in [-0.2, -0.15) is 0 Å². The van der Waals surface area contributed by atoms with Crippen molar-refractivity contribution >= 4 is 34.2 Å². The third-order valence-electron chi connectivity index (χ3n) is 4.08. The molecule has 140 valence electrons. The van der Waals surface area contributed by atoms with Gasteiger partial charge in [0, 0.05) is 53.8 Å². The molecule has 0 spiro atoms. The van der Waals surface area contributed by atoms with E-state index in [4.69, 9.17) is 16.0 Å². The molecule has 0 aliphatic rings. The first kappa shape index (κ1) is 19.1. The van der Waals surface area contributed by atoms with E-state index >= 15 is 0 Å². The van der Waals surface area contributed by atoms with Gasteiger partial charge in [-0.05, 0) is 36.9 Å². The molecule has 1 amide bonds. The lowest BCUT2D eigenvalue weighted by Crippen LogP contribution is -2.19. The van der Waals surface area contributed by atoms with E-state index in [2.05, 4.69) is 5.32 Å². The minimum atomic E-state index is -0.491. The average molecular weight is 389 g/mol. The van der Waals surface area contributed by atoms with Crippen LogP contribution in [0, 0.1) is 5.82 Å². The minimum absolute atomic E-state index is 0.214. The van der Waals surface area contributed by atoms with Crippen LogP contribution in [0.15, 0.2) is 51.7 Å². The number of carbonyl (C=O) groups excluding carboxylic acids is 1. The van der Waals surface area contributed by atoms with Gasteiger partial charge >= 0.3 is 5.63 Å². The fourth-order valence-corrected chi connectivity index (χ4v) is 3.16. The van der Waals surface area contributed by atoms with Gasteiger partial charge in [0.1, 0.15) is 11.4 Å². The molecule has 0 unspecified atom stereocenters. The van der Waals surface area contributed by atoms with Crippen LogP contribution >= 0.6 is 11.6 Å². The number of nitrogens with zero attached hydrogens (tertiary/aromatic N) is 1. The summed E-state index contributed by atoms with van der Waals surface area (Å²) in [6, 6.07) is 11.1. The Balaban J connectivity index is 1.89. The van der Waals surface area contributed by atoms with Gasteiger partial charge in [-0.3, -0.25) is 9.69 Å². The lowest BCUT2D eigenvalue weighted by Gasteiger charge is -2.19. The zero-order valence-corrected chi connectivity index (χ0v) is 15.6. The van der Waals surface area contributed by atoms with Gasteiger partial charge < -0.3 is 9.73 Å². The van der Waals surface area contributed by atoms with Crippen LogP contribution in [0.2, 0.25) is 5.02 Å².